The van der Waals surface area contributed by atoms with Gasteiger partial charge >= 0.3 is 0 Å². The molecule has 25 heavy (non-hydrogen) atoms. The Bertz CT molecular complexity index is 888. The number of benzene rings is 1. The van der Waals surface area contributed by atoms with Gasteiger partial charge in [-0.1, -0.05) is 6.07 Å². The van der Waals surface area contributed by atoms with Gasteiger partial charge in [0.15, 0.2) is 5.82 Å². The number of rotatable bonds is 3. The summed E-state index contributed by atoms with van der Waals surface area (Å²) in [5.74, 6) is 0.311. The Balaban J connectivity index is 1.78. The number of thiophene rings is 1. The van der Waals surface area contributed by atoms with E-state index in [-0.39, 0.29) is 23.6 Å². The fourth-order valence-electron chi connectivity index (χ4n) is 3.09. The Kier molecular flexibility index (Phi) is 4.09. The maximum absolute atomic E-state index is 13.3. The highest BCUT2D eigenvalue weighted by Crippen LogP contribution is 2.27. The molecule has 128 valence electrons. The third-order valence-electron chi connectivity index (χ3n) is 4.43. The molecule has 1 atom stereocenters. The number of aromatic nitrogens is 3. The van der Waals surface area contributed by atoms with Crippen LogP contribution in [0.3, 0.4) is 0 Å². The molecule has 1 aliphatic rings. The molecule has 5 nitrogen and oxygen atoms in total. The predicted molar refractivity (Wildman–Crippen MR) is 94.4 cm³/mol. The number of nitrogens with zero attached hydrogens (tertiary/aromatic N) is 4. The second-order valence-electron chi connectivity index (χ2n) is 6.11. The van der Waals surface area contributed by atoms with Gasteiger partial charge < -0.3 is 4.90 Å². The van der Waals surface area contributed by atoms with Crippen molar-refractivity contribution in [3.05, 3.63) is 53.4 Å². The minimum Gasteiger partial charge on any atom is -0.333 e. The number of carbonyl (C=O) groups excluding carboxylic acids is 1. The normalized spacial score (nSPS) is 17.2. The van der Waals surface area contributed by atoms with Gasteiger partial charge in [-0.25, -0.2) is 14.1 Å². The van der Waals surface area contributed by atoms with Gasteiger partial charge in [-0.15, -0.1) is 16.4 Å². The van der Waals surface area contributed by atoms with Gasteiger partial charge in [-0.2, -0.15) is 0 Å². The lowest BCUT2D eigenvalue weighted by atomic mass is 10.2. The van der Waals surface area contributed by atoms with Crippen LogP contribution in [0.15, 0.2) is 41.8 Å². The number of halogens is 1. The zero-order valence-electron chi connectivity index (χ0n) is 13.7. The van der Waals surface area contributed by atoms with Crippen molar-refractivity contribution in [2.45, 2.75) is 25.8 Å². The highest BCUT2D eigenvalue weighted by atomic mass is 32.1. The molecule has 2 aromatic heterocycles. The molecular weight excluding hydrogens is 339 g/mol. The van der Waals surface area contributed by atoms with Crippen molar-refractivity contribution in [3.63, 3.8) is 0 Å². The van der Waals surface area contributed by atoms with Crippen LogP contribution in [0.1, 0.15) is 30.4 Å². The molecule has 3 aromatic rings. The fraction of sp³-hybridized carbons (Fsp3) is 0.278. The van der Waals surface area contributed by atoms with E-state index in [4.69, 9.17) is 0 Å². The third-order valence-corrected chi connectivity index (χ3v) is 5.29. The van der Waals surface area contributed by atoms with E-state index < -0.39 is 0 Å². The third kappa shape index (κ3) is 2.95. The van der Waals surface area contributed by atoms with Gasteiger partial charge in [0.1, 0.15) is 5.82 Å². The minimum atomic E-state index is -0.316. The molecule has 1 aromatic carbocycles. The molecule has 0 N–H and O–H groups in total. The predicted octanol–water partition coefficient (Wildman–Crippen LogP) is 3.76. The molecule has 1 saturated heterocycles. The molecule has 1 aliphatic heterocycles. The highest BCUT2D eigenvalue weighted by molar-refractivity contribution is 7.13. The largest absolute Gasteiger partial charge is 0.333 e. The standard InChI is InChI=1S/C18H17FN4OS/c1-12-4-2-10-22(12)18(24)16-20-17(15-5-3-11-25-15)23(21-16)14-8-6-13(19)7-9-14/h3,5-9,11-12H,2,4,10H2,1H3. The lowest BCUT2D eigenvalue weighted by molar-refractivity contribution is 0.0735. The number of amides is 1. The Morgan fingerprint density at radius 3 is 2.72 bits per heavy atom. The summed E-state index contributed by atoms with van der Waals surface area (Å²) in [5.41, 5.74) is 0.672. The minimum absolute atomic E-state index is 0.149. The first-order valence-electron chi connectivity index (χ1n) is 8.21. The van der Waals surface area contributed by atoms with Gasteiger partial charge in [0.2, 0.25) is 5.82 Å². The molecule has 1 unspecified atom stereocenters. The molecule has 3 heterocycles. The zero-order chi connectivity index (χ0) is 17.4. The van der Waals surface area contributed by atoms with E-state index in [1.807, 2.05) is 29.3 Å². The molecule has 0 radical (unpaired) electrons. The Labute approximate surface area is 148 Å². The first-order chi connectivity index (χ1) is 12.1. The van der Waals surface area contributed by atoms with E-state index in [0.717, 1.165) is 24.3 Å². The molecule has 0 aliphatic carbocycles. The Hall–Kier alpha value is -2.54. The summed E-state index contributed by atoms with van der Waals surface area (Å²) in [5, 5.41) is 6.39. The quantitative estimate of drug-likeness (QED) is 0.718. The maximum Gasteiger partial charge on any atom is 0.293 e. The van der Waals surface area contributed by atoms with Crippen LogP contribution < -0.4 is 0 Å². The van der Waals surface area contributed by atoms with Gasteiger partial charge in [0.05, 0.1) is 10.6 Å². The number of likely N-dealkylation sites (tertiary alicyclic amines) is 1. The van der Waals surface area contributed by atoms with Crippen molar-refractivity contribution >= 4 is 17.2 Å². The lowest BCUT2D eigenvalue weighted by Gasteiger charge is -2.19. The topological polar surface area (TPSA) is 51.0 Å². The van der Waals surface area contributed by atoms with E-state index in [2.05, 4.69) is 10.1 Å². The second-order valence-corrected chi connectivity index (χ2v) is 7.06. The monoisotopic (exact) mass is 356 g/mol. The average molecular weight is 356 g/mol. The molecule has 4 rings (SSSR count). The second kappa shape index (κ2) is 6.40. The van der Waals surface area contributed by atoms with Crippen LogP contribution in [0.4, 0.5) is 4.39 Å². The van der Waals surface area contributed by atoms with Crippen molar-refractivity contribution in [2.24, 2.45) is 0 Å². The Morgan fingerprint density at radius 1 is 1.28 bits per heavy atom. The molecule has 0 spiro atoms. The summed E-state index contributed by atoms with van der Waals surface area (Å²) < 4.78 is 14.9. The van der Waals surface area contributed by atoms with Crippen LogP contribution in [-0.4, -0.2) is 38.2 Å². The summed E-state index contributed by atoms with van der Waals surface area (Å²) in [6, 6.07) is 10.1. The van der Waals surface area contributed by atoms with Crippen LogP contribution in [0.2, 0.25) is 0 Å². The van der Waals surface area contributed by atoms with Crippen molar-refractivity contribution < 1.29 is 9.18 Å². The first kappa shape index (κ1) is 16.0. The zero-order valence-corrected chi connectivity index (χ0v) is 14.5. The van der Waals surface area contributed by atoms with Gasteiger partial charge in [-0.05, 0) is 55.5 Å². The highest BCUT2D eigenvalue weighted by Gasteiger charge is 2.29. The smallest absolute Gasteiger partial charge is 0.293 e. The van der Waals surface area contributed by atoms with Gasteiger partial charge in [0.25, 0.3) is 5.91 Å². The van der Waals surface area contributed by atoms with Crippen molar-refractivity contribution in [2.75, 3.05) is 6.54 Å². The van der Waals surface area contributed by atoms with Crippen LogP contribution in [-0.2, 0) is 0 Å². The summed E-state index contributed by atoms with van der Waals surface area (Å²) in [6.45, 7) is 2.78. The maximum atomic E-state index is 13.3. The molecular formula is C18H17FN4OS. The van der Waals surface area contributed by atoms with E-state index in [0.29, 0.717) is 11.5 Å². The summed E-state index contributed by atoms with van der Waals surface area (Å²) >= 11 is 1.52. The van der Waals surface area contributed by atoms with E-state index >= 15 is 0 Å². The van der Waals surface area contributed by atoms with Crippen LogP contribution in [0.5, 0.6) is 0 Å². The Morgan fingerprint density at radius 2 is 2.08 bits per heavy atom. The SMILES string of the molecule is CC1CCCN1C(=O)c1nc(-c2cccs2)n(-c2ccc(F)cc2)n1. The summed E-state index contributed by atoms with van der Waals surface area (Å²) in [6.07, 6.45) is 2.01. The first-order valence-corrected chi connectivity index (χ1v) is 9.09. The molecule has 0 bridgehead atoms. The van der Waals surface area contributed by atoms with Crippen LogP contribution >= 0.6 is 11.3 Å². The van der Waals surface area contributed by atoms with Crippen molar-refractivity contribution in [1.29, 1.82) is 0 Å². The average Bonchev–Trinajstić information content (AvgIpc) is 3.35. The van der Waals surface area contributed by atoms with Gasteiger partial charge in [-0.3, -0.25) is 4.79 Å². The van der Waals surface area contributed by atoms with E-state index in [1.165, 1.54) is 23.5 Å². The summed E-state index contributed by atoms with van der Waals surface area (Å²) in [4.78, 5) is 20.0. The van der Waals surface area contributed by atoms with Gasteiger partial charge in [0, 0.05) is 12.6 Å². The molecule has 7 heteroatoms. The van der Waals surface area contributed by atoms with Crippen LogP contribution in [0, 0.1) is 5.82 Å². The van der Waals surface area contributed by atoms with E-state index in [1.54, 1.807) is 16.8 Å². The van der Waals surface area contributed by atoms with E-state index in [9.17, 15) is 9.18 Å². The lowest BCUT2D eigenvalue weighted by Crippen LogP contribution is -2.34. The van der Waals surface area contributed by atoms with Crippen molar-refractivity contribution in [1.82, 2.24) is 19.7 Å². The number of hydrogen-bond donors (Lipinski definition) is 0. The molecule has 1 fully saturated rings. The molecule has 0 saturated carbocycles. The van der Waals surface area contributed by atoms with Crippen molar-refractivity contribution in [3.8, 4) is 16.4 Å². The molecule has 1 amide bonds. The fourth-order valence-corrected chi connectivity index (χ4v) is 3.79. The number of hydrogen-bond acceptors (Lipinski definition) is 4. The van der Waals surface area contributed by atoms with Crippen LogP contribution in [0.25, 0.3) is 16.4 Å². The summed E-state index contributed by atoms with van der Waals surface area (Å²) in [7, 11) is 0. The number of carbonyl (C=O) groups is 1.